The number of carbonyl (C=O) groups excluding carboxylic acids is 1. The van der Waals surface area contributed by atoms with E-state index in [2.05, 4.69) is 24.3 Å². The van der Waals surface area contributed by atoms with Crippen LogP contribution < -0.4 is 5.73 Å². The van der Waals surface area contributed by atoms with Crippen molar-refractivity contribution in [3.8, 4) is 0 Å². The molecule has 0 amide bonds. The van der Waals surface area contributed by atoms with Crippen LogP contribution in [-0.4, -0.2) is 29.1 Å². The number of fused-ring (bicyclic) bond motifs is 1. The predicted octanol–water partition coefficient (Wildman–Crippen LogP) is 3.32. The summed E-state index contributed by atoms with van der Waals surface area (Å²) in [5.41, 5.74) is 6.78. The summed E-state index contributed by atoms with van der Waals surface area (Å²) in [4.78, 5) is 20.4. The van der Waals surface area contributed by atoms with Crippen molar-refractivity contribution in [3.63, 3.8) is 0 Å². The number of carboxylic acid groups (broad SMARTS) is 1. The van der Waals surface area contributed by atoms with E-state index in [1.54, 1.807) is 6.92 Å². The minimum absolute atomic E-state index is 0.123. The van der Waals surface area contributed by atoms with Gasteiger partial charge in [-0.2, -0.15) is 13.2 Å². The fraction of sp³-hybridized carbons (Fsp3) is 0.294. The van der Waals surface area contributed by atoms with Crippen LogP contribution in [0.4, 0.5) is 13.2 Å². The zero-order valence-electron chi connectivity index (χ0n) is 13.0. The van der Waals surface area contributed by atoms with Crippen molar-refractivity contribution >= 4 is 22.5 Å². The average molecular weight is 341 g/mol. The number of hydrogen-bond acceptors (Lipinski definition) is 3. The molecule has 0 aliphatic heterocycles. The molecule has 0 radical (unpaired) electrons. The quantitative estimate of drug-likeness (QED) is 0.894. The summed E-state index contributed by atoms with van der Waals surface area (Å²) in [6, 6.07) is 14.1. The number of aryl methyl sites for hydroxylation is 1. The van der Waals surface area contributed by atoms with E-state index in [1.165, 1.54) is 16.3 Å². The highest BCUT2D eigenvalue weighted by Crippen LogP contribution is 2.19. The number of rotatable bonds is 4. The minimum Gasteiger partial charge on any atom is -0.475 e. The second-order valence-electron chi connectivity index (χ2n) is 5.20. The summed E-state index contributed by atoms with van der Waals surface area (Å²) in [5, 5.41) is 9.57. The summed E-state index contributed by atoms with van der Waals surface area (Å²) in [5.74, 6) is -2.63. The largest absolute Gasteiger partial charge is 0.490 e. The number of ketones is 1. The van der Waals surface area contributed by atoms with Crippen LogP contribution in [-0.2, 0) is 16.0 Å². The lowest BCUT2D eigenvalue weighted by molar-refractivity contribution is -0.192. The lowest BCUT2D eigenvalue weighted by Crippen LogP contribution is -2.26. The number of carbonyl (C=O) groups is 2. The lowest BCUT2D eigenvalue weighted by Gasteiger charge is -2.07. The van der Waals surface area contributed by atoms with Gasteiger partial charge < -0.3 is 10.8 Å². The van der Waals surface area contributed by atoms with E-state index in [9.17, 15) is 18.0 Å². The van der Waals surface area contributed by atoms with Crippen molar-refractivity contribution < 1.29 is 27.9 Å². The number of carboxylic acids is 1. The van der Waals surface area contributed by atoms with Gasteiger partial charge in [0, 0.05) is 6.42 Å². The van der Waals surface area contributed by atoms with Crippen molar-refractivity contribution in [3.05, 3.63) is 48.0 Å². The third kappa shape index (κ3) is 6.00. The topological polar surface area (TPSA) is 80.4 Å². The highest BCUT2D eigenvalue weighted by Gasteiger charge is 2.38. The standard InChI is InChI=1S/C15H17NO.C2HF3O2/c1-11(16)15(17)10-9-13-7-4-6-12-5-2-3-8-14(12)13;3-2(4,5)1(6)7/h2-8,11H,9-10,16H2,1H3;(H,6,7)/t11-;/m0./s1. The molecule has 0 unspecified atom stereocenters. The molecule has 0 heterocycles. The maximum absolute atomic E-state index is 11.5. The van der Waals surface area contributed by atoms with Crippen LogP contribution >= 0.6 is 0 Å². The van der Waals surface area contributed by atoms with Crippen LogP contribution in [0.25, 0.3) is 10.8 Å². The van der Waals surface area contributed by atoms with Gasteiger partial charge in [-0.25, -0.2) is 4.79 Å². The maximum atomic E-state index is 11.5. The molecule has 0 spiro atoms. The third-order valence-corrected chi connectivity index (χ3v) is 3.27. The van der Waals surface area contributed by atoms with E-state index in [4.69, 9.17) is 15.6 Å². The van der Waals surface area contributed by atoms with Crippen molar-refractivity contribution in [2.24, 2.45) is 5.73 Å². The SMILES string of the molecule is C[C@H](N)C(=O)CCc1cccc2ccccc12.O=C(O)C(F)(F)F. The number of alkyl halides is 3. The fourth-order valence-corrected chi connectivity index (χ4v) is 2.00. The molecule has 7 heteroatoms. The molecule has 3 N–H and O–H groups in total. The molecule has 0 saturated carbocycles. The summed E-state index contributed by atoms with van der Waals surface area (Å²) in [6.45, 7) is 1.74. The molecule has 1 atom stereocenters. The summed E-state index contributed by atoms with van der Waals surface area (Å²) < 4.78 is 31.7. The van der Waals surface area contributed by atoms with Crippen molar-refractivity contribution in [2.75, 3.05) is 0 Å². The first-order valence-corrected chi connectivity index (χ1v) is 7.18. The number of nitrogens with two attached hydrogens (primary N) is 1. The normalized spacial score (nSPS) is 12.2. The first kappa shape index (κ1) is 19.6. The van der Waals surface area contributed by atoms with Gasteiger partial charge in [0.2, 0.25) is 0 Å². The first-order valence-electron chi connectivity index (χ1n) is 7.18. The van der Waals surface area contributed by atoms with Gasteiger partial charge in [-0.1, -0.05) is 42.5 Å². The van der Waals surface area contributed by atoms with E-state index >= 15 is 0 Å². The van der Waals surface area contributed by atoms with Crippen molar-refractivity contribution in [1.29, 1.82) is 0 Å². The summed E-state index contributed by atoms with van der Waals surface area (Å²) in [7, 11) is 0. The predicted molar refractivity (Wildman–Crippen MR) is 84.6 cm³/mol. The van der Waals surface area contributed by atoms with Gasteiger partial charge in [-0.15, -0.1) is 0 Å². The molecule has 24 heavy (non-hydrogen) atoms. The van der Waals surface area contributed by atoms with Crippen LogP contribution in [0.1, 0.15) is 18.9 Å². The van der Waals surface area contributed by atoms with Gasteiger partial charge in [0.15, 0.2) is 0 Å². The molecule has 0 fully saturated rings. The van der Waals surface area contributed by atoms with Gasteiger partial charge in [0.1, 0.15) is 5.78 Å². The van der Waals surface area contributed by atoms with Gasteiger partial charge in [-0.05, 0) is 29.7 Å². The number of hydrogen-bond donors (Lipinski definition) is 2. The van der Waals surface area contributed by atoms with Crippen LogP contribution in [0.2, 0.25) is 0 Å². The first-order chi connectivity index (χ1) is 11.1. The van der Waals surface area contributed by atoms with E-state index in [1.807, 2.05) is 18.2 Å². The Labute approximate surface area is 137 Å². The smallest absolute Gasteiger partial charge is 0.475 e. The average Bonchev–Trinajstić information content (AvgIpc) is 2.52. The van der Waals surface area contributed by atoms with Gasteiger partial charge in [0.25, 0.3) is 0 Å². The van der Waals surface area contributed by atoms with Gasteiger partial charge in [0.05, 0.1) is 6.04 Å². The van der Waals surface area contributed by atoms with E-state index in [0.717, 1.165) is 6.42 Å². The maximum Gasteiger partial charge on any atom is 0.490 e. The Kier molecular flexibility index (Phi) is 6.91. The molecule has 2 rings (SSSR count). The van der Waals surface area contributed by atoms with Crippen LogP contribution in [0.15, 0.2) is 42.5 Å². The van der Waals surface area contributed by atoms with Crippen LogP contribution in [0.3, 0.4) is 0 Å². The molecule has 0 saturated heterocycles. The second-order valence-corrected chi connectivity index (χ2v) is 5.20. The van der Waals surface area contributed by atoms with Crippen molar-refractivity contribution in [1.82, 2.24) is 0 Å². The summed E-state index contributed by atoms with van der Waals surface area (Å²) >= 11 is 0. The van der Waals surface area contributed by atoms with E-state index in [0.29, 0.717) is 6.42 Å². The molecule has 130 valence electrons. The van der Waals surface area contributed by atoms with Gasteiger partial charge >= 0.3 is 12.1 Å². The Bertz CT molecular complexity index is 706. The molecular weight excluding hydrogens is 323 g/mol. The Morgan fingerprint density at radius 2 is 1.67 bits per heavy atom. The monoisotopic (exact) mass is 341 g/mol. The molecule has 0 aliphatic carbocycles. The minimum atomic E-state index is -5.08. The Balaban J connectivity index is 0.000000351. The third-order valence-electron chi connectivity index (χ3n) is 3.27. The Morgan fingerprint density at radius 1 is 1.12 bits per heavy atom. The number of aliphatic carboxylic acids is 1. The highest BCUT2D eigenvalue weighted by atomic mass is 19.4. The molecule has 0 bridgehead atoms. The fourth-order valence-electron chi connectivity index (χ4n) is 2.00. The number of Topliss-reactive ketones (excluding diaryl/α,β-unsaturated/α-hetero) is 1. The van der Waals surface area contributed by atoms with Crippen LogP contribution in [0, 0.1) is 0 Å². The zero-order valence-corrected chi connectivity index (χ0v) is 13.0. The highest BCUT2D eigenvalue weighted by molar-refractivity contribution is 5.87. The number of benzene rings is 2. The van der Waals surface area contributed by atoms with E-state index < -0.39 is 12.1 Å². The molecular formula is C17H18F3NO3. The molecule has 2 aromatic carbocycles. The lowest BCUT2D eigenvalue weighted by atomic mass is 9.99. The molecule has 2 aromatic rings. The van der Waals surface area contributed by atoms with E-state index in [-0.39, 0.29) is 11.8 Å². The number of halogens is 3. The molecule has 0 aliphatic rings. The summed E-state index contributed by atoms with van der Waals surface area (Å²) in [6.07, 6.45) is -3.80. The molecule has 0 aromatic heterocycles. The Hall–Kier alpha value is -2.41. The van der Waals surface area contributed by atoms with Crippen molar-refractivity contribution in [2.45, 2.75) is 32.0 Å². The second kappa shape index (κ2) is 8.44. The van der Waals surface area contributed by atoms with Gasteiger partial charge in [-0.3, -0.25) is 4.79 Å². The Morgan fingerprint density at radius 3 is 2.21 bits per heavy atom. The molecule has 4 nitrogen and oxygen atoms in total. The zero-order chi connectivity index (χ0) is 18.3. The van der Waals surface area contributed by atoms with Crippen LogP contribution in [0.5, 0.6) is 0 Å².